The van der Waals surface area contributed by atoms with Gasteiger partial charge in [-0.15, -0.1) is 0 Å². The van der Waals surface area contributed by atoms with Gasteiger partial charge < -0.3 is 31.7 Å². The van der Waals surface area contributed by atoms with Crippen LogP contribution in [-0.4, -0.2) is 58.5 Å². The molecule has 1 aliphatic heterocycles. The van der Waals surface area contributed by atoms with Gasteiger partial charge in [0.2, 0.25) is 17.7 Å². The highest BCUT2D eigenvalue weighted by molar-refractivity contribution is 5.92. The summed E-state index contributed by atoms with van der Waals surface area (Å²) in [5.74, 6) is -0.967. The zero-order chi connectivity index (χ0) is 36.3. The number of hydrogen-bond acceptors (Lipinski definition) is 5. The highest BCUT2D eigenvalue weighted by Crippen LogP contribution is 2.36. The lowest BCUT2D eigenvalue weighted by molar-refractivity contribution is -0.142. The predicted octanol–water partition coefficient (Wildman–Crippen LogP) is 5.31. The van der Waals surface area contributed by atoms with Crippen molar-refractivity contribution in [2.75, 3.05) is 6.54 Å². The number of amides is 4. The van der Waals surface area contributed by atoms with E-state index in [1.807, 2.05) is 69.3 Å². The second-order valence-electron chi connectivity index (χ2n) is 15.5. The maximum atomic E-state index is 14.1. The standard InChI is InChI=1S/C41H51N5O5/c1-41(2,3)36(45-40(50)51)39(49)46-24-29(23-35(46)38(48)44-34-17-9-13-28-11-5-7-15-31(28)34)26-20-18-25(19-21-26)22-32(42)37(47)43-33-16-8-12-27-10-4-6-14-30(27)33/h4-7,10-11,14-15,18-21,29,32-36,45H,8-9,12-13,16-17,22-24,42H2,1-3H3,(H,43,47)(H,44,48)(H,50,51)/t29-,32-,33+,34+,35-,36+/m0/s1. The summed E-state index contributed by atoms with van der Waals surface area (Å²) in [4.78, 5) is 54.7. The molecule has 51 heavy (non-hydrogen) atoms. The number of likely N-dealkylation sites (tertiary alicyclic amines) is 1. The molecule has 1 saturated heterocycles. The summed E-state index contributed by atoms with van der Waals surface area (Å²) in [5.41, 5.74) is 12.3. The molecular formula is C41H51N5O5. The third kappa shape index (κ3) is 8.28. The van der Waals surface area contributed by atoms with Gasteiger partial charge in [-0.3, -0.25) is 14.4 Å². The van der Waals surface area contributed by atoms with E-state index in [2.05, 4.69) is 40.2 Å². The minimum atomic E-state index is -1.29. The molecule has 3 aliphatic rings. The first-order valence-corrected chi connectivity index (χ1v) is 18.3. The molecule has 1 heterocycles. The Balaban J connectivity index is 1.16. The molecule has 10 nitrogen and oxygen atoms in total. The van der Waals surface area contributed by atoms with E-state index >= 15 is 0 Å². The van der Waals surface area contributed by atoms with Gasteiger partial charge in [-0.2, -0.15) is 0 Å². The third-order valence-corrected chi connectivity index (χ3v) is 10.9. The molecule has 270 valence electrons. The summed E-state index contributed by atoms with van der Waals surface area (Å²) < 4.78 is 0. The number of aryl methyl sites for hydroxylation is 2. The number of carboxylic acid groups (broad SMARTS) is 1. The number of nitrogens with two attached hydrogens (primary N) is 1. The molecule has 0 unspecified atom stereocenters. The Labute approximate surface area is 300 Å². The first-order chi connectivity index (χ1) is 24.4. The largest absolute Gasteiger partial charge is 0.465 e. The van der Waals surface area contributed by atoms with Crippen LogP contribution in [0.1, 0.15) is 104 Å². The van der Waals surface area contributed by atoms with E-state index in [0.717, 1.165) is 55.2 Å². The number of rotatable bonds is 9. The number of carbonyl (C=O) groups is 4. The zero-order valence-corrected chi connectivity index (χ0v) is 29.9. The fourth-order valence-corrected chi connectivity index (χ4v) is 8.13. The summed E-state index contributed by atoms with van der Waals surface area (Å²) >= 11 is 0. The van der Waals surface area contributed by atoms with Crippen LogP contribution >= 0.6 is 0 Å². The van der Waals surface area contributed by atoms with Crippen LogP contribution in [0.25, 0.3) is 0 Å². The summed E-state index contributed by atoms with van der Waals surface area (Å²) in [6.07, 6.45) is 5.15. The highest BCUT2D eigenvalue weighted by Gasteiger charge is 2.45. The van der Waals surface area contributed by atoms with Crippen LogP contribution in [0.5, 0.6) is 0 Å². The number of nitrogens with zero attached hydrogens (tertiary/aromatic N) is 1. The monoisotopic (exact) mass is 693 g/mol. The molecular weight excluding hydrogens is 642 g/mol. The van der Waals surface area contributed by atoms with Crippen LogP contribution in [-0.2, 0) is 33.6 Å². The highest BCUT2D eigenvalue weighted by atomic mass is 16.4. The van der Waals surface area contributed by atoms with Crippen molar-refractivity contribution in [1.82, 2.24) is 20.9 Å². The lowest BCUT2D eigenvalue weighted by Gasteiger charge is -2.35. The van der Waals surface area contributed by atoms with E-state index in [9.17, 15) is 24.3 Å². The average Bonchev–Trinajstić information content (AvgIpc) is 3.56. The minimum Gasteiger partial charge on any atom is -0.465 e. The molecule has 10 heteroatoms. The Bertz CT molecular complexity index is 1750. The number of hydrogen-bond donors (Lipinski definition) is 5. The smallest absolute Gasteiger partial charge is 0.405 e. The van der Waals surface area contributed by atoms with Crippen molar-refractivity contribution in [3.63, 3.8) is 0 Å². The van der Waals surface area contributed by atoms with Crippen molar-refractivity contribution < 1.29 is 24.3 Å². The number of nitrogens with one attached hydrogen (secondary N) is 3. The van der Waals surface area contributed by atoms with Gasteiger partial charge >= 0.3 is 6.09 Å². The van der Waals surface area contributed by atoms with E-state index in [4.69, 9.17) is 5.73 Å². The molecule has 6 N–H and O–H groups in total. The van der Waals surface area contributed by atoms with Crippen LogP contribution in [0, 0.1) is 5.41 Å². The summed E-state index contributed by atoms with van der Waals surface area (Å²) in [6.45, 7) is 5.71. The van der Waals surface area contributed by atoms with Crippen LogP contribution in [0.15, 0.2) is 72.8 Å². The van der Waals surface area contributed by atoms with Crippen molar-refractivity contribution >= 4 is 23.8 Å². The Hall–Kier alpha value is -4.70. The molecule has 1 fully saturated rings. The van der Waals surface area contributed by atoms with Gasteiger partial charge in [-0.25, -0.2) is 4.79 Å². The van der Waals surface area contributed by atoms with Crippen molar-refractivity contribution in [2.24, 2.45) is 11.1 Å². The molecule has 4 amide bonds. The van der Waals surface area contributed by atoms with Crippen LogP contribution < -0.4 is 21.7 Å². The van der Waals surface area contributed by atoms with Crippen LogP contribution in [0.4, 0.5) is 4.79 Å². The average molecular weight is 694 g/mol. The number of fused-ring (bicyclic) bond motifs is 2. The quantitative estimate of drug-likeness (QED) is 0.205. The van der Waals surface area contributed by atoms with E-state index in [0.29, 0.717) is 12.8 Å². The Kier molecular flexibility index (Phi) is 10.8. The molecule has 2 aliphatic carbocycles. The topological polar surface area (TPSA) is 154 Å². The molecule has 0 spiro atoms. The number of benzene rings is 3. The normalized spacial score (nSPS) is 22.5. The van der Waals surface area contributed by atoms with Gasteiger partial charge in [0, 0.05) is 12.5 Å². The van der Waals surface area contributed by atoms with E-state index in [-0.39, 0.29) is 36.4 Å². The zero-order valence-electron chi connectivity index (χ0n) is 29.9. The third-order valence-electron chi connectivity index (χ3n) is 10.9. The summed E-state index contributed by atoms with van der Waals surface area (Å²) in [5, 5.41) is 18.4. The van der Waals surface area contributed by atoms with Gasteiger partial charge in [0.15, 0.2) is 0 Å². The van der Waals surface area contributed by atoms with E-state index < -0.39 is 35.5 Å². The second-order valence-corrected chi connectivity index (χ2v) is 15.5. The lowest BCUT2D eigenvalue weighted by Crippen LogP contribution is -2.57. The Morgan fingerprint density at radius 1 is 0.843 bits per heavy atom. The van der Waals surface area contributed by atoms with Crippen LogP contribution in [0.3, 0.4) is 0 Å². The van der Waals surface area contributed by atoms with Crippen LogP contribution in [0.2, 0.25) is 0 Å². The first kappa shape index (κ1) is 36.1. The molecule has 6 atom stereocenters. The first-order valence-electron chi connectivity index (χ1n) is 18.3. The van der Waals surface area contributed by atoms with Gasteiger partial charge in [-0.1, -0.05) is 93.6 Å². The predicted molar refractivity (Wildman–Crippen MR) is 196 cm³/mol. The number of carbonyl (C=O) groups excluding carboxylic acids is 3. The van der Waals surface area contributed by atoms with E-state index in [1.165, 1.54) is 16.7 Å². The Morgan fingerprint density at radius 2 is 1.41 bits per heavy atom. The lowest BCUT2D eigenvalue weighted by atomic mass is 9.85. The van der Waals surface area contributed by atoms with Gasteiger partial charge in [0.05, 0.1) is 18.1 Å². The summed E-state index contributed by atoms with van der Waals surface area (Å²) in [7, 11) is 0. The van der Waals surface area contributed by atoms with Crippen molar-refractivity contribution in [3.05, 3.63) is 106 Å². The SMILES string of the molecule is CC(C)(C)[C@H](NC(=O)O)C(=O)N1C[C@@H](c2ccc(C[C@H](N)C(=O)N[C@@H]3CCCc4ccccc43)cc2)C[C@H]1C(=O)N[C@@H]1CCCc2ccccc21. The maximum Gasteiger partial charge on any atom is 0.405 e. The minimum absolute atomic E-state index is 0.0366. The molecule has 0 saturated carbocycles. The fourth-order valence-electron chi connectivity index (χ4n) is 8.13. The van der Waals surface area contributed by atoms with Gasteiger partial charge in [0.1, 0.15) is 12.1 Å². The van der Waals surface area contributed by atoms with Crippen molar-refractivity contribution in [3.8, 4) is 0 Å². The fraction of sp³-hybridized carbons (Fsp3) is 0.463. The summed E-state index contributed by atoms with van der Waals surface area (Å²) in [6, 6.07) is 21.6. The molecule has 3 aromatic carbocycles. The van der Waals surface area contributed by atoms with Gasteiger partial charge in [0.25, 0.3) is 0 Å². The molecule has 0 aromatic heterocycles. The second kappa shape index (κ2) is 15.3. The van der Waals surface area contributed by atoms with Crippen molar-refractivity contribution in [2.45, 2.75) is 108 Å². The van der Waals surface area contributed by atoms with Crippen molar-refractivity contribution in [1.29, 1.82) is 0 Å². The maximum absolute atomic E-state index is 14.1. The molecule has 6 rings (SSSR count). The molecule has 0 bridgehead atoms. The molecule has 0 radical (unpaired) electrons. The van der Waals surface area contributed by atoms with Gasteiger partial charge in [-0.05, 0) is 90.2 Å². The van der Waals surface area contributed by atoms with E-state index in [1.54, 1.807) is 4.90 Å². The Morgan fingerprint density at radius 3 is 1.98 bits per heavy atom. The molecule has 3 aromatic rings.